The molecule has 0 spiro atoms. The average molecular weight is 135 g/mol. The van der Waals surface area contributed by atoms with E-state index < -0.39 is 5.97 Å². The number of aliphatic carboxylic acids is 1. The van der Waals surface area contributed by atoms with Crippen LogP contribution in [-0.2, 0) is 4.79 Å². The van der Waals surface area contributed by atoms with Crippen LogP contribution in [0.3, 0.4) is 0 Å². The van der Waals surface area contributed by atoms with Crippen molar-refractivity contribution in [2.24, 2.45) is 0 Å². The Bertz CT molecular complexity index is 118. The van der Waals surface area contributed by atoms with E-state index in [1.165, 1.54) is 0 Å². The second kappa shape index (κ2) is 3.50. The molecular formula is C5H7ClO2. The molecule has 0 aliphatic rings. The van der Waals surface area contributed by atoms with Crippen molar-refractivity contribution in [2.45, 2.75) is 13.3 Å². The fraction of sp³-hybridized carbons (Fsp3) is 0.400. The molecular weight excluding hydrogens is 128 g/mol. The molecule has 0 aliphatic heterocycles. The van der Waals surface area contributed by atoms with Crippen LogP contribution < -0.4 is 0 Å². The third-order valence-corrected chi connectivity index (χ3v) is 0.985. The Morgan fingerprint density at radius 2 is 2.38 bits per heavy atom. The van der Waals surface area contributed by atoms with Crippen LogP contribution in [0.2, 0.25) is 0 Å². The SMILES string of the molecule is C/C=C(/Cl)CC(=O)O. The molecule has 0 saturated heterocycles. The molecule has 0 aromatic heterocycles. The zero-order chi connectivity index (χ0) is 6.57. The number of carbonyl (C=O) groups is 1. The zero-order valence-corrected chi connectivity index (χ0v) is 5.27. The molecule has 0 aromatic carbocycles. The highest BCUT2D eigenvalue weighted by atomic mass is 35.5. The van der Waals surface area contributed by atoms with Gasteiger partial charge in [0, 0.05) is 5.03 Å². The van der Waals surface area contributed by atoms with Gasteiger partial charge in [-0.15, -0.1) is 0 Å². The molecule has 0 radical (unpaired) electrons. The van der Waals surface area contributed by atoms with E-state index in [4.69, 9.17) is 16.7 Å². The minimum Gasteiger partial charge on any atom is -0.481 e. The van der Waals surface area contributed by atoms with Gasteiger partial charge in [-0.2, -0.15) is 0 Å². The number of allylic oxidation sites excluding steroid dienone is 1. The van der Waals surface area contributed by atoms with Gasteiger partial charge >= 0.3 is 5.97 Å². The summed E-state index contributed by atoms with van der Waals surface area (Å²) < 4.78 is 0. The molecule has 0 aliphatic carbocycles. The van der Waals surface area contributed by atoms with Crippen LogP contribution in [0.25, 0.3) is 0 Å². The number of carboxylic acids is 1. The quantitative estimate of drug-likeness (QED) is 0.623. The lowest BCUT2D eigenvalue weighted by atomic mass is 10.4. The Hall–Kier alpha value is -0.500. The van der Waals surface area contributed by atoms with Crippen molar-refractivity contribution in [3.05, 3.63) is 11.1 Å². The minimum absolute atomic E-state index is 0.0714. The third-order valence-electron chi connectivity index (χ3n) is 0.633. The predicted molar refractivity (Wildman–Crippen MR) is 31.9 cm³/mol. The maximum Gasteiger partial charge on any atom is 0.308 e. The summed E-state index contributed by atoms with van der Waals surface area (Å²) in [5, 5.41) is 8.46. The van der Waals surface area contributed by atoms with Crippen LogP contribution in [0.4, 0.5) is 0 Å². The lowest BCUT2D eigenvalue weighted by Gasteiger charge is -1.87. The summed E-state index contributed by atoms with van der Waals surface area (Å²) in [4.78, 5) is 9.84. The molecule has 0 atom stereocenters. The van der Waals surface area contributed by atoms with E-state index >= 15 is 0 Å². The van der Waals surface area contributed by atoms with Gasteiger partial charge in [0.25, 0.3) is 0 Å². The summed E-state index contributed by atoms with van der Waals surface area (Å²) in [6.45, 7) is 1.70. The van der Waals surface area contributed by atoms with Gasteiger partial charge in [-0.05, 0) is 6.92 Å². The molecule has 0 amide bonds. The van der Waals surface area contributed by atoms with Crippen molar-refractivity contribution in [3.8, 4) is 0 Å². The highest BCUT2D eigenvalue weighted by Gasteiger charge is 1.96. The van der Waals surface area contributed by atoms with Gasteiger partial charge in [-0.3, -0.25) is 4.79 Å². The van der Waals surface area contributed by atoms with Crippen LogP contribution in [0.1, 0.15) is 13.3 Å². The van der Waals surface area contributed by atoms with E-state index in [2.05, 4.69) is 0 Å². The smallest absolute Gasteiger partial charge is 0.308 e. The molecule has 46 valence electrons. The Morgan fingerprint density at radius 3 is 2.50 bits per heavy atom. The Labute approximate surface area is 52.8 Å². The highest BCUT2D eigenvalue weighted by molar-refractivity contribution is 6.30. The first-order chi connectivity index (χ1) is 3.66. The van der Waals surface area contributed by atoms with Crippen molar-refractivity contribution in [1.29, 1.82) is 0 Å². The fourth-order valence-electron chi connectivity index (χ4n) is 0.247. The van der Waals surface area contributed by atoms with Crippen molar-refractivity contribution in [3.63, 3.8) is 0 Å². The van der Waals surface area contributed by atoms with E-state index in [1.807, 2.05) is 0 Å². The van der Waals surface area contributed by atoms with Gasteiger partial charge in [0.2, 0.25) is 0 Å². The summed E-state index contributed by atoms with van der Waals surface area (Å²) >= 11 is 5.34. The van der Waals surface area contributed by atoms with Crippen molar-refractivity contribution < 1.29 is 9.90 Å². The lowest BCUT2D eigenvalue weighted by molar-refractivity contribution is -0.136. The fourth-order valence-corrected chi connectivity index (χ4v) is 0.361. The van der Waals surface area contributed by atoms with Crippen LogP contribution >= 0.6 is 11.6 Å². The normalized spacial score (nSPS) is 11.5. The monoisotopic (exact) mass is 134 g/mol. The maximum atomic E-state index is 9.84. The van der Waals surface area contributed by atoms with Crippen LogP contribution in [0, 0.1) is 0 Å². The van der Waals surface area contributed by atoms with E-state index in [-0.39, 0.29) is 6.42 Å². The molecule has 0 heterocycles. The number of hydrogen-bond donors (Lipinski definition) is 1. The summed E-state index contributed by atoms with van der Waals surface area (Å²) in [5.74, 6) is -0.895. The van der Waals surface area contributed by atoms with Crippen molar-refractivity contribution in [1.82, 2.24) is 0 Å². The topological polar surface area (TPSA) is 37.3 Å². The van der Waals surface area contributed by atoms with Gasteiger partial charge in [-0.1, -0.05) is 17.7 Å². The summed E-state index contributed by atoms with van der Waals surface area (Å²) in [6, 6.07) is 0. The average Bonchev–Trinajstić information content (AvgIpc) is 1.65. The number of hydrogen-bond acceptors (Lipinski definition) is 1. The van der Waals surface area contributed by atoms with Crippen LogP contribution in [-0.4, -0.2) is 11.1 Å². The number of carboxylic acid groups (broad SMARTS) is 1. The Balaban J connectivity index is 3.56. The van der Waals surface area contributed by atoms with Crippen molar-refractivity contribution >= 4 is 17.6 Å². The third kappa shape index (κ3) is 3.68. The van der Waals surface area contributed by atoms with E-state index in [0.29, 0.717) is 5.03 Å². The van der Waals surface area contributed by atoms with Gasteiger partial charge in [-0.25, -0.2) is 0 Å². The number of rotatable bonds is 2. The van der Waals surface area contributed by atoms with Gasteiger partial charge < -0.3 is 5.11 Å². The highest BCUT2D eigenvalue weighted by Crippen LogP contribution is 2.04. The van der Waals surface area contributed by atoms with Crippen molar-refractivity contribution in [2.75, 3.05) is 0 Å². The molecule has 0 saturated carbocycles. The maximum absolute atomic E-state index is 9.84. The molecule has 8 heavy (non-hydrogen) atoms. The molecule has 0 bridgehead atoms. The lowest BCUT2D eigenvalue weighted by Crippen LogP contribution is -1.92. The summed E-state index contributed by atoms with van der Waals surface area (Å²) in [6.07, 6.45) is 1.49. The first-order valence-corrected chi connectivity index (χ1v) is 2.57. The molecule has 0 rings (SSSR count). The Morgan fingerprint density at radius 1 is 1.88 bits per heavy atom. The largest absolute Gasteiger partial charge is 0.481 e. The van der Waals surface area contributed by atoms with Crippen LogP contribution in [0.15, 0.2) is 11.1 Å². The van der Waals surface area contributed by atoms with E-state index in [9.17, 15) is 4.79 Å². The second-order valence-corrected chi connectivity index (χ2v) is 1.79. The summed E-state index contributed by atoms with van der Waals surface area (Å²) in [7, 11) is 0. The second-order valence-electron chi connectivity index (χ2n) is 1.31. The first-order valence-electron chi connectivity index (χ1n) is 2.19. The van der Waals surface area contributed by atoms with Crippen LogP contribution in [0.5, 0.6) is 0 Å². The predicted octanol–water partition coefficient (Wildman–Crippen LogP) is 1.60. The molecule has 0 fully saturated rings. The number of halogens is 1. The van der Waals surface area contributed by atoms with Gasteiger partial charge in [0.15, 0.2) is 0 Å². The Kier molecular flexibility index (Phi) is 3.28. The molecule has 2 nitrogen and oxygen atoms in total. The molecule has 1 N–H and O–H groups in total. The zero-order valence-electron chi connectivity index (χ0n) is 4.52. The summed E-state index contributed by atoms with van der Waals surface area (Å²) in [5.41, 5.74) is 0. The standard InChI is InChI=1S/C5H7ClO2/c1-2-4(6)3-5(7)8/h2H,3H2,1H3,(H,7,8)/b4-2+. The van der Waals surface area contributed by atoms with E-state index in [1.54, 1.807) is 13.0 Å². The molecule has 0 aromatic rings. The molecule has 3 heteroatoms. The van der Waals surface area contributed by atoms with E-state index in [0.717, 1.165) is 0 Å². The van der Waals surface area contributed by atoms with Gasteiger partial charge in [0.05, 0.1) is 6.42 Å². The van der Waals surface area contributed by atoms with Gasteiger partial charge in [0.1, 0.15) is 0 Å². The minimum atomic E-state index is -0.895. The molecule has 0 unspecified atom stereocenters. The first kappa shape index (κ1) is 7.50.